The Morgan fingerprint density at radius 2 is 2.00 bits per heavy atom. The van der Waals surface area contributed by atoms with Crippen molar-refractivity contribution < 1.29 is 0 Å². The molecule has 0 saturated carbocycles. The molecule has 124 valence electrons. The summed E-state index contributed by atoms with van der Waals surface area (Å²) in [5.41, 5.74) is 3.48. The molecule has 1 atom stereocenters. The zero-order chi connectivity index (χ0) is 16.8. The number of nitrogens with one attached hydrogen (secondary N) is 2. The van der Waals surface area contributed by atoms with Crippen LogP contribution < -0.4 is 10.6 Å². The highest BCUT2D eigenvalue weighted by Gasteiger charge is 2.11. The maximum Gasteiger partial charge on any atom is 0.128 e. The van der Waals surface area contributed by atoms with Gasteiger partial charge in [0.05, 0.1) is 12.2 Å². The third-order valence-electron chi connectivity index (χ3n) is 3.96. The quantitative estimate of drug-likeness (QED) is 0.691. The lowest BCUT2D eigenvalue weighted by atomic mass is 10.1. The molecular weight excluding hydrogens is 298 g/mol. The van der Waals surface area contributed by atoms with Crippen LogP contribution in [0.2, 0.25) is 0 Å². The van der Waals surface area contributed by atoms with Crippen LogP contribution in [0, 0.1) is 0 Å². The van der Waals surface area contributed by atoms with E-state index in [4.69, 9.17) is 0 Å². The maximum atomic E-state index is 4.44. The third kappa shape index (κ3) is 4.13. The fourth-order valence-electron chi connectivity index (χ4n) is 2.64. The second-order valence-electron chi connectivity index (χ2n) is 5.82. The van der Waals surface area contributed by atoms with E-state index in [1.807, 2.05) is 48.5 Å². The standard InChI is InChI=1S/C19H23N5/c1-3-18(16-13-22-24(2)14-16)23-19-11-17(9-10-20-19)21-12-15-7-5-4-6-8-15/h4-11,13-14,18H,3,12H2,1-2H3,(H2,20,21,23). The van der Waals surface area contributed by atoms with Crippen molar-refractivity contribution in [2.45, 2.75) is 25.9 Å². The first kappa shape index (κ1) is 16.1. The fraction of sp³-hybridized carbons (Fsp3) is 0.263. The molecule has 24 heavy (non-hydrogen) atoms. The monoisotopic (exact) mass is 321 g/mol. The van der Waals surface area contributed by atoms with Crippen LogP contribution in [-0.4, -0.2) is 14.8 Å². The summed E-state index contributed by atoms with van der Waals surface area (Å²) in [4.78, 5) is 4.44. The van der Waals surface area contributed by atoms with Gasteiger partial charge in [0, 0.05) is 43.3 Å². The summed E-state index contributed by atoms with van der Waals surface area (Å²) >= 11 is 0. The van der Waals surface area contributed by atoms with E-state index in [0.717, 1.165) is 24.5 Å². The molecule has 2 heterocycles. The Balaban J connectivity index is 1.66. The highest BCUT2D eigenvalue weighted by molar-refractivity contribution is 5.52. The van der Waals surface area contributed by atoms with Crippen molar-refractivity contribution in [2.75, 3.05) is 10.6 Å². The van der Waals surface area contributed by atoms with Crippen LogP contribution in [-0.2, 0) is 13.6 Å². The molecule has 3 aromatic rings. The minimum atomic E-state index is 0.204. The average Bonchev–Trinajstić information content (AvgIpc) is 3.05. The first-order valence-electron chi connectivity index (χ1n) is 8.23. The summed E-state index contributed by atoms with van der Waals surface area (Å²) in [5.74, 6) is 0.865. The van der Waals surface area contributed by atoms with Gasteiger partial charge in [-0.15, -0.1) is 0 Å². The smallest absolute Gasteiger partial charge is 0.128 e. The highest BCUT2D eigenvalue weighted by atomic mass is 15.2. The van der Waals surface area contributed by atoms with Gasteiger partial charge in [-0.25, -0.2) is 4.98 Å². The van der Waals surface area contributed by atoms with E-state index in [-0.39, 0.29) is 6.04 Å². The van der Waals surface area contributed by atoms with Crippen LogP contribution in [0.4, 0.5) is 11.5 Å². The molecule has 0 bridgehead atoms. The summed E-state index contributed by atoms with van der Waals surface area (Å²) in [7, 11) is 1.93. The number of anilines is 2. The number of aromatic nitrogens is 3. The van der Waals surface area contributed by atoms with Gasteiger partial charge in [-0.3, -0.25) is 4.68 Å². The lowest BCUT2D eigenvalue weighted by molar-refractivity contribution is 0.737. The second-order valence-corrected chi connectivity index (χ2v) is 5.82. The van der Waals surface area contributed by atoms with Gasteiger partial charge in [-0.1, -0.05) is 37.3 Å². The zero-order valence-corrected chi connectivity index (χ0v) is 14.1. The van der Waals surface area contributed by atoms with Gasteiger partial charge < -0.3 is 10.6 Å². The molecule has 0 aliphatic heterocycles. The summed E-state index contributed by atoms with van der Waals surface area (Å²) in [6.45, 7) is 2.95. The SMILES string of the molecule is CCC(Nc1cc(NCc2ccccc2)ccn1)c1cnn(C)c1. The molecule has 0 radical (unpaired) electrons. The van der Waals surface area contributed by atoms with Crippen molar-refractivity contribution in [3.05, 3.63) is 72.2 Å². The van der Waals surface area contributed by atoms with Crippen LogP contribution in [0.15, 0.2) is 61.1 Å². The molecule has 5 heteroatoms. The van der Waals surface area contributed by atoms with Gasteiger partial charge in [0.15, 0.2) is 0 Å². The third-order valence-corrected chi connectivity index (χ3v) is 3.96. The maximum absolute atomic E-state index is 4.44. The molecule has 0 fully saturated rings. The van der Waals surface area contributed by atoms with Crippen LogP contribution in [0.3, 0.4) is 0 Å². The Kier molecular flexibility index (Phi) is 5.11. The number of rotatable bonds is 7. The van der Waals surface area contributed by atoms with E-state index in [2.05, 4.69) is 51.9 Å². The first-order chi connectivity index (χ1) is 11.7. The number of pyridine rings is 1. The van der Waals surface area contributed by atoms with E-state index in [0.29, 0.717) is 0 Å². The molecule has 0 saturated heterocycles. The Labute approximate surface area is 142 Å². The van der Waals surface area contributed by atoms with Gasteiger partial charge in [-0.05, 0) is 18.1 Å². The number of benzene rings is 1. The number of hydrogen-bond acceptors (Lipinski definition) is 4. The molecule has 2 aromatic heterocycles. The van der Waals surface area contributed by atoms with Gasteiger partial charge >= 0.3 is 0 Å². The summed E-state index contributed by atoms with van der Waals surface area (Å²) in [6.07, 6.45) is 6.73. The van der Waals surface area contributed by atoms with E-state index < -0.39 is 0 Å². The summed E-state index contributed by atoms with van der Waals surface area (Å²) < 4.78 is 1.82. The van der Waals surface area contributed by atoms with Crippen LogP contribution >= 0.6 is 0 Å². The average molecular weight is 321 g/mol. The van der Waals surface area contributed by atoms with Crippen molar-refractivity contribution in [3.8, 4) is 0 Å². The van der Waals surface area contributed by atoms with Gasteiger partial charge in [0.1, 0.15) is 5.82 Å². The Morgan fingerprint density at radius 3 is 2.71 bits per heavy atom. The molecular formula is C19H23N5. The number of nitrogens with zero attached hydrogens (tertiary/aromatic N) is 3. The van der Waals surface area contributed by atoms with Gasteiger partial charge in [0.25, 0.3) is 0 Å². The van der Waals surface area contributed by atoms with Crippen LogP contribution in [0.1, 0.15) is 30.5 Å². The molecule has 0 aliphatic carbocycles. The molecule has 1 aromatic carbocycles. The normalized spacial score (nSPS) is 11.9. The van der Waals surface area contributed by atoms with Crippen LogP contribution in [0.5, 0.6) is 0 Å². The highest BCUT2D eigenvalue weighted by Crippen LogP contribution is 2.22. The molecule has 2 N–H and O–H groups in total. The van der Waals surface area contributed by atoms with Gasteiger partial charge in [0.2, 0.25) is 0 Å². The van der Waals surface area contributed by atoms with E-state index >= 15 is 0 Å². The topological polar surface area (TPSA) is 54.8 Å². The first-order valence-corrected chi connectivity index (χ1v) is 8.23. The lowest BCUT2D eigenvalue weighted by Gasteiger charge is -2.17. The van der Waals surface area contributed by atoms with Crippen molar-refractivity contribution >= 4 is 11.5 Å². The van der Waals surface area contributed by atoms with Crippen molar-refractivity contribution in [2.24, 2.45) is 7.05 Å². The predicted molar refractivity (Wildman–Crippen MR) is 97.9 cm³/mol. The Hall–Kier alpha value is -2.82. The predicted octanol–water partition coefficient (Wildman–Crippen LogP) is 3.99. The van der Waals surface area contributed by atoms with Gasteiger partial charge in [-0.2, -0.15) is 5.10 Å². The molecule has 1 unspecified atom stereocenters. The lowest BCUT2D eigenvalue weighted by Crippen LogP contribution is -2.10. The number of hydrogen-bond donors (Lipinski definition) is 2. The minimum absolute atomic E-state index is 0.204. The molecule has 3 rings (SSSR count). The van der Waals surface area contributed by atoms with E-state index in [1.54, 1.807) is 0 Å². The fourth-order valence-corrected chi connectivity index (χ4v) is 2.64. The molecule has 0 amide bonds. The van der Waals surface area contributed by atoms with Crippen LogP contribution in [0.25, 0.3) is 0 Å². The molecule has 5 nitrogen and oxygen atoms in total. The second kappa shape index (κ2) is 7.64. The summed E-state index contributed by atoms with van der Waals surface area (Å²) in [6, 6.07) is 14.6. The van der Waals surface area contributed by atoms with Crippen molar-refractivity contribution in [3.63, 3.8) is 0 Å². The summed E-state index contributed by atoms with van der Waals surface area (Å²) in [5, 5.41) is 11.2. The minimum Gasteiger partial charge on any atom is -0.381 e. The molecule has 0 spiro atoms. The number of aryl methyl sites for hydroxylation is 1. The largest absolute Gasteiger partial charge is 0.381 e. The van der Waals surface area contributed by atoms with E-state index in [9.17, 15) is 0 Å². The van der Waals surface area contributed by atoms with E-state index in [1.165, 1.54) is 11.1 Å². The zero-order valence-electron chi connectivity index (χ0n) is 14.1. The Morgan fingerprint density at radius 1 is 1.17 bits per heavy atom. The molecule has 0 aliphatic rings. The Bertz CT molecular complexity index is 766. The van der Waals surface area contributed by atoms with Crippen molar-refractivity contribution in [1.29, 1.82) is 0 Å². The van der Waals surface area contributed by atoms with Crippen molar-refractivity contribution in [1.82, 2.24) is 14.8 Å².